The first kappa shape index (κ1) is 33.9. The second-order valence-corrected chi connectivity index (χ2v) is 10.5. The van der Waals surface area contributed by atoms with Crippen LogP contribution < -0.4 is 0 Å². The summed E-state index contributed by atoms with van der Waals surface area (Å²) >= 11 is 0. The van der Waals surface area contributed by atoms with Crippen molar-refractivity contribution in [2.75, 3.05) is 26.4 Å². The predicted octanol–water partition coefficient (Wildman–Crippen LogP) is -6.08. The number of hydrogen-bond acceptors (Lipinski definition) is 17. The summed E-state index contributed by atoms with van der Waals surface area (Å²) in [6, 6.07) is 0. The third kappa shape index (κ3) is 7.87. The summed E-state index contributed by atoms with van der Waals surface area (Å²) in [7, 11) is -2.98. The molecule has 3 fully saturated rings. The van der Waals surface area contributed by atoms with Gasteiger partial charge in [-0.15, -0.1) is 9.42 Å². The zero-order valence-electron chi connectivity index (χ0n) is 21.1. The molecule has 0 saturated carbocycles. The van der Waals surface area contributed by atoms with Gasteiger partial charge in [0, 0.05) is 11.2 Å². The van der Waals surface area contributed by atoms with Gasteiger partial charge >= 0.3 is 8.25 Å². The minimum Gasteiger partial charge on any atom is -0.394 e. The van der Waals surface area contributed by atoms with Crippen LogP contribution in [0.15, 0.2) is 0 Å². The van der Waals surface area contributed by atoms with E-state index in [1.165, 1.54) is 0 Å². The fourth-order valence-corrected chi connectivity index (χ4v) is 4.99. The van der Waals surface area contributed by atoms with Crippen molar-refractivity contribution >= 4 is 8.25 Å². The number of ether oxygens (including phenoxy) is 5. The molecule has 40 heavy (non-hydrogen) atoms. The van der Waals surface area contributed by atoms with Crippen LogP contribution in [0.5, 0.6) is 0 Å². The maximum absolute atomic E-state index is 10.8. The van der Waals surface area contributed by atoms with E-state index in [-0.39, 0.29) is 19.4 Å². The SMILES string of the molecule is O=[P+](O)OCC1OC(CCCOC2OC(CO)C(OC3OC(CO)C(O)C(O)C3O)C(O)C2O)C(O)C(O)C1O. The highest BCUT2D eigenvalue weighted by Gasteiger charge is 2.51. The molecule has 0 bridgehead atoms. The Kier molecular flexibility index (Phi) is 12.9. The van der Waals surface area contributed by atoms with Gasteiger partial charge in [0.1, 0.15) is 79.9 Å². The van der Waals surface area contributed by atoms with Gasteiger partial charge < -0.3 is 74.7 Å². The first-order chi connectivity index (χ1) is 18.9. The molecule has 16 unspecified atom stereocenters. The van der Waals surface area contributed by atoms with Crippen molar-refractivity contribution in [3.63, 3.8) is 0 Å². The number of aliphatic hydroxyl groups excluding tert-OH is 10. The predicted molar refractivity (Wildman–Crippen MR) is 124 cm³/mol. The number of aliphatic hydroxyl groups is 10. The molecule has 19 heteroatoms. The second-order valence-electron chi connectivity index (χ2n) is 9.74. The van der Waals surface area contributed by atoms with Crippen LogP contribution in [0.3, 0.4) is 0 Å². The molecule has 0 spiro atoms. The Bertz CT molecular complexity index is 791. The van der Waals surface area contributed by atoms with Gasteiger partial charge in [0.2, 0.25) is 0 Å². The highest BCUT2D eigenvalue weighted by molar-refractivity contribution is 7.32. The van der Waals surface area contributed by atoms with Gasteiger partial charge in [-0.2, -0.15) is 0 Å². The number of hydrogen-bond donors (Lipinski definition) is 11. The molecule has 3 aliphatic rings. The van der Waals surface area contributed by atoms with E-state index < -0.39 is 120 Å². The topological polar surface area (TPSA) is 295 Å². The van der Waals surface area contributed by atoms with E-state index in [0.717, 1.165) is 0 Å². The first-order valence-corrected chi connectivity index (χ1v) is 13.7. The van der Waals surface area contributed by atoms with Gasteiger partial charge in [-0.1, -0.05) is 0 Å². The molecule has 3 heterocycles. The minimum atomic E-state index is -2.98. The molecule has 18 nitrogen and oxygen atoms in total. The third-order valence-electron chi connectivity index (χ3n) is 7.04. The molecule has 3 saturated heterocycles. The highest BCUT2D eigenvalue weighted by Crippen LogP contribution is 2.30. The van der Waals surface area contributed by atoms with Crippen LogP contribution in [-0.2, 0) is 32.8 Å². The second kappa shape index (κ2) is 15.2. The van der Waals surface area contributed by atoms with Crippen molar-refractivity contribution in [1.29, 1.82) is 0 Å². The molecule has 0 aromatic carbocycles. The van der Waals surface area contributed by atoms with E-state index in [0.29, 0.717) is 0 Å². The van der Waals surface area contributed by atoms with Gasteiger partial charge in [0.25, 0.3) is 0 Å². The molecular weight excluding hydrogens is 571 g/mol. The zero-order chi connectivity index (χ0) is 29.7. The summed E-state index contributed by atoms with van der Waals surface area (Å²) in [4.78, 5) is 8.78. The van der Waals surface area contributed by atoms with Gasteiger partial charge in [-0.25, -0.2) is 0 Å². The highest BCUT2D eigenvalue weighted by atomic mass is 31.1. The fourth-order valence-electron chi connectivity index (χ4n) is 4.72. The van der Waals surface area contributed by atoms with Gasteiger partial charge in [0.15, 0.2) is 12.6 Å². The molecule has 0 aromatic heterocycles. The average Bonchev–Trinajstić information content (AvgIpc) is 2.93. The van der Waals surface area contributed by atoms with Crippen LogP contribution in [-0.4, -0.2) is 174 Å². The molecule has 3 rings (SSSR count). The maximum atomic E-state index is 10.8. The quantitative estimate of drug-likeness (QED) is 0.0724. The first-order valence-electron chi connectivity index (χ1n) is 12.6. The molecule has 0 radical (unpaired) electrons. The Hall–Kier alpha value is -0.580. The molecule has 0 aliphatic carbocycles. The maximum Gasteiger partial charge on any atom is 0.694 e. The lowest BCUT2D eigenvalue weighted by atomic mass is 9.93. The van der Waals surface area contributed by atoms with Gasteiger partial charge in [0.05, 0.1) is 19.3 Å². The lowest BCUT2D eigenvalue weighted by Gasteiger charge is -2.46. The molecule has 234 valence electrons. The monoisotopic (exact) mass is 609 g/mol. The van der Waals surface area contributed by atoms with Crippen LogP contribution in [0, 0.1) is 0 Å². The Balaban J connectivity index is 1.52. The summed E-state index contributed by atoms with van der Waals surface area (Å²) in [6.45, 7) is -2.12. The van der Waals surface area contributed by atoms with E-state index in [9.17, 15) is 55.6 Å². The number of rotatable bonds is 12. The Morgan fingerprint density at radius 3 is 1.80 bits per heavy atom. The van der Waals surface area contributed by atoms with Gasteiger partial charge in [-0.3, -0.25) is 0 Å². The Morgan fingerprint density at radius 2 is 1.18 bits per heavy atom. The lowest BCUT2D eigenvalue weighted by Crippen LogP contribution is -2.64. The van der Waals surface area contributed by atoms with E-state index in [1.807, 2.05) is 0 Å². The minimum absolute atomic E-state index is 0.0599. The van der Waals surface area contributed by atoms with E-state index in [1.54, 1.807) is 0 Å². The van der Waals surface area contributed by atoms with Crippen molar-refractivity contribution in [3.05, 3.63) is 0 Å². The average molecular weight is 609 g/mol. The summed E-state index contributed by atoms with van der Waals surface area (Å²) in [5.74, 6) is 0. The van der Waals surface area contributed by atoms with Crippen molar-refractivity contribution in [2.24, 2.45) is 0 Å². The third-order valence-corrected chi connectivity index (χ3v) is 7.41. The molecule has 0 amide bonds. The molecule has 0 aromatic rings. The summed E-state index contributed by atoms with van der Waals surface area (Å²) in [6.07, 6.45) is -22.6. The van der Waals surface area contributed by atoms with Crippen LogP contribution in [0.2, 0.25) is 0 Å². The normalized spacial score (nSPS) is 46.8. The van der Waals surface area contributed by atoms with Crippen molar-refractivity contribution in [1.82, 2.24) is 0 Å². The summed E-state index contributed by atoms with van der Waals surface area (Å²) in [5.41, 5.74) is 0. The van der Waals surface area contributed by atoms with Crippen molar-refractivity contribution < 1.29 is 88.7 Å². The van der Waals surface area contributed by atoms with Crippen molar-refractivity contribution in [2.45, 2.75) is 105 Å². The van der Waals surface area contributed by atoms with E-state index >= 15 is 0 Å². The summed E-state index contributed by atoms with van der Waals surface area (Å²) in [5, 5.41) is 101. The Labute approximate surface area is 228 Å². The van der Waals surface area contributed by atoms with Crippen LogP contribution in [0.25, 0.3) is 0 Å². The fraction of sp³-hybridized carbons (Fsp3) is 1.00. The molecule has 3 aliphatic heterocycles. The van der Waals surface area contributed by atoms with E-state index in [2.05, 4.69) is 4.52 Å². The van der Waals surface area contributed by atoms with Crippen LogP contribution in [0.1, 0.15) is 12.8 Å². The Morgan fingerprint density at radius 1 is 0.625 bits per heavy atom. The lowest BCUT2D eigenvalue weighted by molar-refractivity contribution is -0.359. The zero-order valence-corrected chi connectivity index (χ0v) is 22.0. The molecular formula is C21H38O18P+. The molecule has 11 N–H and O–H groups in total. The standard InChI is InChI=1S/C21H37O18P/c22-4-8-12(25)15(28)17(30)21(37-8)39-19-9(5-23)38-20(18(31)16(19)29)34-3-1-2-7-11(24)14(27)13(26)10(36-7)6-35-40(32)33/h7-31H,1-6H2/p+1. The van der Waals surface area contributed by atoms with Crippen LogP contribution >= 0.6 is 8.25 Å². The van der Waals surface area contributed by atoms with E-state index in [4.69, 9.17) is 28.6 Å². The molecule has 16 atom stereocenters. The van der Waals surface area contributed by atoms with Crippen molar-refractivity contribution in [3.8, 4) is 0 Å². The van der Waals surface area contributed by atoms with Crippen LogP contribution in [0.4, 0.5) is 0 Å². The smallest absolute Gasteiger partial charge is 0.394 e. The summed E-state index contributed by atoms with van der Waals surface area (Å²) < 4.78 is 42.4. The largest absolute Gasteiger partial charge is 0.694 e. The van der Waals surface area contributed by atoms with Gasteiger partial charge in [-0.05, 0) is 12.8 Å².